The standard InChI is InChI=1S/C16H21NO3S/c1-13(12-21(3,18)19)17(2)11-15-9-10-16(20-15)14-7-5-4-6-8-14/h4-10,13H,11-12H2,1-3H3. The van der Waals surface area contributed by atoms with Gasteiger partial charge in [-0.2, -0.15) is 0 Å². The first-order valence-electron chi connectivity index (χ1n) is 6.87. The number of sulfone groups is 1. The molecule has 1 aromatic carbocycles. The Labute approximate surface area is 126 Å². The summed E-state index contributed by atoms with van der Waals surface area (Å²) >= 11 is 0. The van der Waals surface area contributed by atoms with Gasteiger partial charge in [0.2, 0.25) is 0 Å². The van der Waals surface area contributed by atoms with E-state index in [4.69, 9.17) is 4.42 Å². The van der Waals surface area contributed by atoms with Crippen molar-refractivity contribution in [3.05, 3.63) is 48.2 Å². The molecule has 1 atom stereocenters. The van der Waals surface area contributed by atoms with Gasteiger partial charge in [-0.25, -0.2) is 8.42 Å². The number of furan rings is 1. The Morgan fingerprint density at radius 3 is 2.43 bits per heavy atom. The van der Waals surface area contributed by atoms with Crippen molar-refractivity contribution in [1.82, 2.24) is 4.90 Å². The molecule has 0 N–H and O–H groups in total. The average molecular weight is 307 g/mol. The molecule has 2 aromatic rings. The fourth-order valence-electron chi connectivity index (χ4n) is 2.19. The SMILES string of the molecule is CC(CS(C)(=O)=O)N(C)Cc1ccc(-c2ccccc2)o1. The summed E-state index contributed by atoms with van der Waals surface area (Å²) in [4.78, 5) is 1.98. The molecule has 0 saturated heterocycles. The fraction of sp³-hybridized carbons (Fsp3) is 0.375. The fourth-order valence-corrected chi connectivity index (χ4v) is 3.32. The Kier molecular flexibility index (Phi) is 4.85. The lowest BCUT2D eigenvalue weighted by molar-refractivity contribution is 0.246. The maximum Gasteiger partial charge on any atom is 0.148 e. The molecule has 114 valence electrons. The number of benzene rings is 1. The van der Waals surface area contributed by atoms with Gasteiger partial charge in [0.05, 0.1) is 12.3 Å². The maximum atomic E-state index is 11.3. The minimum Gasteiger partial charge on any atom is -0.460 e. The predicted molar refractivity (Wildman–Crippen MR) is 84.8 cm³/mol. The van der Waals surface area contributed by atoms with Crippen molar-refractivity contribution in [2.45, 2.75) is 19.5 Å². The van der Waals surface area contributed by atoms with Crippen LogP contribution in [0.25, 0.3) is 11.3 Å². The van der Waals surface area contributed by atoms with Crippen LogP contribution in [0.2, 0.25) is 0 Å². The quantitative estimate of drug-likeness (QED) is 0.823. The second-order valence-electron chi connectivity index (χ2n) is 5.49. The smallest absolute Gasteiger partial charge is 0.148 e. The maximum absolute atomic E-state index is 11.3. The molecule has 1 heterocycles. The summed E-state index contributed by atoms with van der Waals surface area (Å²) in [5.41, 5.74) is 1.04. The van der Waals surface area contributed by atoms with Gasteiger partial charge in [0.15, 0.2) is 0 Å². The highest BCUT2D eigenvalue weighted by atomic mass is 32.2. The summed E-state index contributed by atoms with van der Waals surface area (Å²) < 4.78 is 28.5. The van der Waals surface area contributed by atoms with Crippen LogP contribution in [0.3, 0.4) is 0 Å². The summed E-state index contributed by atoms with van der Waals surface area (Å²) in [6, 6.07) is 13.7. The van der Waals surface area contributed by atoms with Gasteiger partial charge in [-0.3, -0.25) is 4.90 Å². The molecule has 0 bridgehead atoms. The van der Waals surface area contributed by atoms with Crippen molar-refractivity contribution >= 4 is 9.84 Å². The highest BCUT2D eigenvalue weighted by Crippen LogP contribution is 2.22. The van der Waals surface area contributed by atoms with Crippen LogP contribution in [0.5, 0.6) is 0 Å². The molecule has 0 fully saturated rings. The third-order valence-corrected chi connectivity index (χ3v) is 4.51. The van der Waals surface area contributed by atoms with Crippen molar-refractivity contribution in [3.8, 4) is 11.3 Å². The van der Waals surface area contributed by atoms with Crippen LogP contribution >= 0.6 is 0 Å². The van der Waals surface area contributed by atoms with E-state index in [-0.39, 0.29) is 11.8 Å². The average Bonchev–Trinajstić information content (AvgIpc) is 2.86. The van der Waals surface area contributed by atoms with Gasteiger partial charge in [0.25, 0.3) is 0 Å². The van der Waals surface area contributed by atoms with E-state index in [9.17, 15) is 8.42 Å². The van der Waals surface area contributed by atoms with Gasteiger partial charge < -0.3 is 4.42 Å². The molecular formula is C16H21NO3S. The van der Waals surface area contributed by atoms with Gasteiger partial charge >= 0.3 is 0 Å². The molecule has 21 heavy (non-hydrogen) atoms. The van der Waals surface area contributed by atoms with Crippen LogP contribution in [0.4, 0.5) is 0 Å². The summed E-state index contributed by atoms with van der Waals surface area (Å²) in [6.07, 6.45) is 1.26. The van der Waals surface area contributed by atoms with Crippen LogP contribution in [0.15, 0.2) is 46.9 Å². The van der Waals surface area contributed by atoms with Gasteiger partial charge in [-0.15, -0.1) is 0 Å². The van der Waals surface area contributed by atoms with Crippen LogP contribution in [-0.4, -0.2) is 38.4 Å². The lowest BCUT2D eigenvalue weighted by atomic mass is 10.2. The Hall–Kier alpha value is -1.59. The number of nitrogens with zero attached hydrogens (tertiary/aromatic N) is 1. The Bertz CT molecular complexity index is 677. The normalized spacial score (nSPS) is 13.5. The molecule has 5 heteroatoms. The van der Waals surface area contributed by atoms with Crippen LogP contribution in [-0.2, 0) is 16.4 Å². The Balaban J connectivity index is 2.02. The van der Waals surface area contributed by atoms with E-state index >= 15 is 0 Å². The van der Waals surface area contributed by atoms with E-state index < -0.39 is 9.84 Å². The molecule has 4 nitrogen and oxygen atoms in total. The van der Waals surface area contributed by atoms with E-state index in [1.54, 1.807) is 0 Å². The van der Waals surface area contributed by atoms with E-state index in [0.717, 1.165) is 17.1 Å². The van der Waals surface area contributed by atoms with E-state index in [1.165, 1.54) is 6.26 Å². The molecule has 0 aliphatic rings. The monoisotopic (exact) mass is 307 g/mol. The minimum atomic E-state index is -2.97. The third kappa shape index (κ3) is 4.72. The summed E-state index contributed by atoms with van der Waals surface area (Å²) in [7, 11) is -1.07. The van der Waals surface area contributed by atoms with Gasteiger partial charge in [0, 0.05) is 17.9 Å². The van der Waals surface area contributed by atoms with Crippen molar-refractivity contribution in [2.24, 2.45) is 0 Å². The predicted octanol–water partition coefficient (Wildman–Crippen LogP) is 2.81. The Morgan fingerprint density at radius 2 is 1.81 bits per heavy atom. The second kappa shape index (κ2) is 6.45. The summed E-state index contributed by atoms with van der Waals surface area (Å²) in [6.45, 7) is 2.49. The van der Waals surface area contributed by atoms with Crippen LogP contribution in [0.1, 0.15) is 12.7 Å². The molecule has 0 aliphatic heterocycles. The van der Waals surface area contributed by atoms with Gasteiger partial charge in [-0.1, -0.05) is 30.3 Å². The molecule has 0 aliphatic carbocycles. The summed E-state index contributed by atoms with van der Waals surface area (Å²) in [5.74, 6) is 1.81. The largest absolute Gasteiger partial charge is 0.460 e. The van der Waals surface area contributed by atoms with Crippen molar-refractivity contribution < 1.29 is 12.8 Å². The van der Waals surface area contributed by atoms with Gasteiger partial charge in [0.1, 0.15) is 21.4 Å². The third-order valence-electron chi connectivity index (χ3n) is 3.42. The highest BCUT2D eigenvalue weighted by Gasteiger charge is 2.16. The first-order valence-corrected chi connectivity index (χ1v) is 8.93. The van der Waals surface area contributed by atoms with Crippen LogP contribution < -0.4 is 0 Å². The second-order valence-corrected chi connectivity index (χ2v) is 7.67. The zero-order chi connectivity index (χ0) is 15.5. The van der Waals surface area contributed by atoms with Crippen molar-refractivity contribution in [1.29, 1.82) is 0 Å². The molecule has 0 radical (unpaired) electrons. The first kappa shape index (κ1) is 15.8. The van der Waals surface area contributed by atoms with E-state index in [2.05, 4.69) is 0 Å². The minimum absolute atomic E-state index is 0.0507. The zero-order valence-corrected chi connectivity index (χ0v) is 13.4. The highest BCUT2D eigenvalue weighted by molar-refractivity contribution is 7.90. The number of hydrogen-bond donors (Lipinski definition) is 0. The molecule has 0 saturated carbocycles. The van der Waals surface area contributed by atoms with Crippen molar-refractivity contribution in [3.63, 3.8) is 0 Å². The van der Waals surface area contributed by atoms with Crippen LogP contribution in [0, 0.1) is 0 Å². The molecule has 0 amide bonds. The van der Waals surface area contributed by atoms with Gasteiger partial charge in [-0.05, 0) is 26.1 Å². The van der Waals surface area contributed by atoms with Crippen molar-refractivity contribution in [2.75, 3.05) is 19.1 Å². The molecule has 1 aromatic heterocycles. The molecule has 1 unspecified atom stereocenters. The molecule has 2 rings (SSSR count). The number of hydrogen-bond acceptors (Lipinski definition) is 4. The Morgan fingerprint density at radius 1 is 1.14 bits per heavy atom. The molecular weight excluding hydrogens is 286 g/mol. The summed E-state index contributed by atoms with van der Waals surface area (Å²) in [5, 5.41) is 0. The zero-order valence-electron chi connectivity index (χ0n) is 12.6. The molecule has 0 spiro atoms. The lowest BCUT2D eigenvalue weighted by Gasteiger charge is -2.22. The topological polar surface area (TPSA) is 50.5 Å². The van der Waals surface area contributed by atoms with E-state index in [1.807, 2.05) is 61.3 Å². The first-order chi connectivity index (χ1) is 9.85. The lowest BCUT2D eigenvalue weighted by Crippen LogP contribution is -2.34. The van der Waals surface area contributed by atoms with E-state index in [0.29, 0.717) is 6.54 Å². The number of rotatable bonds is 6.